The second-order valence-electron chi connectivity index (χ2n) is 4.71. The van der Waals surface area contributed by atoms with E-state index in [9.17, 15) is 0 Å². The molecule has 2 rings (SSSR count). The number of hydrogen-bond donors (Lipinski definition) is 1. The highest BCUT2D eigenvalue weighted by molar-refractivity contribution is 5.37. The minimum absolute atomic E-state index is 0.0732. The summed E-state index contributed by atoms with van der Waals surface area (Å²) in [5, 5.41) is 9.06. The highest BCUT2D eigenvalue weighted by atomic mass is 16.5. The fourth-order valence-electron chi connectivity index (χ4n) is 2.19. The van der Waals surface area contributed by atoms with Gasteiger partial charge in [-0.05, 0) is 19.8 Å². The summed E-state index contributed by atoms with van der Waals surface area (Å²) in [5.41, 5.74) is 0.488. The van der Waals surface area contributed by atoms with Crippen LogP contribution in [0.2, 0.25) is 0 Å². The third-order valence-electron chi connectivity index (χ3n) is 3.31. The van der Waals surface area contributed by atoms with Crippen LogP contribution in [0.5, 0.6) is 0 Å². The minimum Gasteiger partial charge on any atom is -0.390 e. The fourth-order valence-corrected chi connectivity index (χ4v) is 2.19. The van der Waals surface area contributed by atoms with Crippen molar-refractivity contribution in [3.63, 3.8) is 0 Å². The Morgan fingerprint density at radius 1 is 1.53 bits per heavy atom. The van der Waals surface area contributed by atoms with Gasteiger partial charge in [-0.3, -0.25) is 4.98 Å². The van der Waals surface area contributed by atoms with E-state index in [1.807, 2.05) is 0 Å². The summed E-state index contributed by atoms with van der Waals surface area (Å²) in [4.78, 5) is 10.6. The number of anilines is 1. The molecule has 0 bridgehead atoms. The van der Waals surface area contributed by atoms with Gasteiger partial charge in [0.2, 0.25) is 0 Å². The predicted molar refractivity (Wildman–Crippen MR) is 64.8 cm³/mol. The SMILES string of the molecule is COC1(C)CCCN(c2cncc(CO)n2)C1. The lowest BCUT2D eigenvalue weighted by Crippen LogP contribution is -2.47. The highest BCUT2D eigenvalue weighted by Gasteiger charge is 2.31. The molecule has 5 nitrogen and oxygen atoms in total. The van der Waals surface area contributed by atoms with Gasteiger partial charge in [0.05, 0.1) is 30.3 Å². The number of ether oxygens (including phenoxy) is 1. The molecule has 1 fully saturated rings. The van der Waals surface area contributed by atoms with Crippen LogP contribution in [0.25, 0.3) is 0 Å². The molecule has 1 aliphatic heterocycles. The Hall–Kier alpha value is -1.20. The molecule has 1 aromatic rings. The summed E-state index contributed by atoms with van der Waals surface area (Å²) in [6, 6.07) is 0. The molecule has 1 aromatic heterocycles. The molecule has 1 aliphatic rings. The lowest BCUT2D eigenvalue weighted by atomic mass is 9.95. The number of rotatable bonds is 3. The zero-order chi connectivity index (χ0) is 12.3. The van der Waals surface area contributed by atoms with Gasteiger partial charge in [-0.2, -0.15) is 0 Å². The van der Waals surface area contributed by atoms with Crippen LogP contribution in [-0.2, 0) is 11.3 Å². The Labute approximate surface area is 101 Å². The molecule has 0 spiro atoms. The molecule has 0 amide bonds. The van der Waals surface area contributed by atoms with Crippen LogP contribution in [0.1, 0.15) is 25.5 Å². The van der Waals surface area contributed by atoms with Crippen molar-refractivity contribution in [1.29, 1.82) is 0 Å². The van der Waals surface area contributed by atoms with Crippen LogP contribution in [0.15, 0.2) is 12.4 Å². The Kier molecular flexibility index (Phi) is 3.59. The van der Waals surface area contributed by atoms with E-state index in [4.69, 9.17) is 9.84 Å². The van der Waals surface area contributed by atoms with E-state index in [-0.39, 0.29) is 12.2 Å². The van der Waals surface area contributed by atoms with Crippen molar-refractivity contribution in [2.24, 2.45) is 0 Å². The predicted octanol–water partition coefficient (Wildman–Crippen LogP) is 0.974. The first-order valence-corrected chi connectivity index (χ1v) is 5.89. The topological polar surface area (TPSA) is 58.5 Å². The Bertz CT molecular complexity index is 386. The van der Waals surface area contributed by atoms with E-state index in [1.54, 1.807) is 19.5 Å². The van der Waals surface area contributed by atoms with Crippen LogP contribution in [0.3, 0.4) is 0 Å². The fraction of sp³-hybridized carbons (Fsp3) is 0.667. The normalized spacial score (nSPS) is 25.0. The van der Waals surface area contributed by atoms with Crippen molar-refractivity contribution in [3.05, 3.63) is 18.1 Å². The molecule has 0 saturated carbocycles. The van der Waals surface area contributed by atoms with Gasteiger partial charge in [-0.25, -0.2) is 4.98 Å². The first-order chi connectivity index (χ1) is 8.17. The smallest absolute Gasteiger partial charge is 0.147 e. The van der Waals surface area contributed by atoms with Crippen LogP contribution < -0.4 is 4.90 Å². The lowest BCUT2D eigenvalue weighted by Gasteiger charge is -2.39. The molecule has 0 aromatic carbocycles. The standard InChI is InChI=1S/C12H19N3O2/c1-12(17-2)4-3-5-15(9-12)11-7-13-6-10(8-16)14-11/h6-7,16H,3-5,8-9H2,1-2H3. The molecule has 0 radical (unpaired) electrons. The van der Waals surface area contributed by atoms with E-state index in [0.717, 1.165) is 31.7 Å². The minimum atomic E-state index is -0.116. The van der Waals surface area contributed by atoms with Crippen molar-refractivity contribution in [1.82, 2.24) is 9.97 Å². The highest BCUT2D eigenvalue weighted by Crippen LogP contribution is 2.26. The first-order valence-electron chi connectivity index (χ1n) is 5.89. The largest absolute Gasteiger partial charge is 0.390 e. The summed E-state index contributed by atoms with van der Waals surface area (Å²) in [5.74, 6) is 0.819. The Balaban J connectivity index is 2.16. The Morgan fingerprint density at radius 2 is 2.35 bits per heavy atom. The van der Waals surface area contributed by atoms with Gasteiger partial charge in [0.25, 0.3) is 0 Å². The number of methoxy groups -OCH3 is 1. The average molecular weight is 237 g/mol. The maximum Gasteiger partial charge on any atom is 0.147 e. The molecule has 2 heterocycles. The van der Waals surface area contributed by atoms with Gasteiger partial charge in [0, 0.05) is 20.2 Å². The second-order valence-corrected chi connectivity index (χ2v) is 4.71. The van der Waals surface area contributed by atoms with E-state index in [0.29, 0.717) is 5.69 Å². The van der Waals surface area contributed by atoms with E-state index >= 15 is 0 Å². The lowest BCUT2D eigenvalue weighted by molar-refractivity contribution is -0.00483. The summed E-state index contributed by atoms with van der Waals surface area (Å²) >= 11 is 0. The first kappa shape index (κ1) is 12.3. The molecule has 94 valence electrons. The molecule has 1 N–H and O–H groups in total. The van der Waals surface area contributed by atoms with E-state index in [2.05, 4.69) is 21.8 Å². The van der Waals surface area contributed by atoms with Gasteiger partial charge >= 0.3 is 0 Å². The zero-order valence-corrected chi connectivity index (χ0v) is 10.4. The summed E-state index contributed by atoms with van der Waals surface area (Å²) in [6.07, 6.45) is 5.46. The maximum atomic E-state index is 9.06. The quantitative estimate of drug-likeness (QED) is 0.849. The van der Waals surface area contributed by atoms with Gasteiger partial charge in [0.15, 0.2) is 0 Å². The van der Waals surface area contributed by atoms with Crippen LogP contribution in [0.4, 0.5) is 5.82 Å². The second kappa shape index (κ2) is 4.98. The van der Waals surface area contributed by atoms with Crippen LogP contribution in [-0.4, -0.2) is 40.9 Å². The number of aromatic nitrogens is 2. The third kappa shape index (κ3) is 2.73. The number of aliphatic hydroxyl groups is 1. The molecule has 17 heavy (non-hydrogen) atoms. The molecule has 5 heteroatoms. The maximum absolute atomic E-state index is 9.06. The van der Waals surface area contributed by atoms with Crippen molar-refractivity contribution in [2.45, 2.75) is 32.0 Å². The third-order valence-corrected chi connectivity index (χ3v) is 3.31. The molecule has 1 unspecified atom stereocenters. The number of aliphatic hydroxyl groups excluding tert-OH is 1. The van der Waals surface area contributed by atoms with Gasteiger partial charge in [-0.15, -0.1) is 0 Å². The molecule has 0 aliphatic carbocycles. The monoisotopic (exact) mass is 237 g/mol. The number of piperidine rings is 1. The van der Waals surface area contributed by atoms with E-state index < -0.39 is 0 Å². The summed E-state index contributed by atoms with van der Waals surface area (Å²) in [7, 11) is 1.75. The molecule has 1 atom stereocenters. The average Bonchev–Trinajstić information content (AvgIpc) is 2.39. The molecular weight excluding hydrogens is 218 g/mol. The number of hydrogen-bond acceptors (Lipinski definition) is 5. The molecule has 1 saturated heterocycles. The van der Waals surface area contributed by atoms with Crippen molar-refractivity contribution < 1.29 is 9.84 Å². The van der Waals surface area contributed by atoms with Gasteiger partial charge < -0.3 is 14.7 Å². The number of nitrogens with zero attached hydrogens (tertiary/aromatic N) is 3. The van der Waals surface area contributed by atoms with Gasteiger partial charge in [0.1, 0.15) is 5.82 Å². The van der Waals surface area contributed by atoms with Crippen molar-refractivity contribution >= 4 is 5.82 Å². The summed E-state index contributed by atoms with van der Waals surface area (Å²) < 4.78 is 5.55. The van der Waals surface area contributed by atoms with Crippen LogP contribution in [0, 0.1) is 0 Å². The zero-order valence-electron chi connectivity index (χ0n) is 10.4. The van der Waals surface area contributed by atoms with Crippen LogP contribution >= 0.6 is 0 Å². The van der Waals surface area contributed by atoms with Crippen molar-refractivity contribution in [2.75, 3.05) is 25.1 Å². The summed E-state index contributed by atoms with van der Waals surface area (Å²) in [6.45, 7) is 3.81. The Morgan fingerprint density at radius 3 is 3.06 bits per heavy atom. The van der Waals surface area contributed by atoms with E-state index in [1.165, 1.54) is 0 Å². The molecular formula is C12H19N3O2. The van der Waals surface area contributed by atoms with Crippen molar-refractivity contribution in [3.8, 4) is 0 Å². The van der Waals surface area contributed by atoms with Gasteiger partial charge in [-0.1, -0.05) is 0 Å².